The molecule has 7 nitrogen and oxygen atoms in total. The number of rotatable bonds is 3. The number of hydrogen-bond donors (Lipinski definition) is 1. The Balaban J connectivity index is 1.25. The second-order valence-corrected chi connectivity index (χ2v) is 10.8. The Morgan fingerprint density at radius 2 is 2.11 bits per heavy atom. The number of amides is 1. The summed E-state index contributed by atoms with van der Waals surface area (Å²) in [5.41, 5.74) is 3.11. The summed E-state index contributed by atoms with van der Waals surface area (Å²) in [6.07, 6.45) is 9.23. The van der Waals surface area contributed by atoms with Crippen LogP contribution in [0.2, 0.25) is 0 Å². The number of nitrogens with one attached hydrogen (secondary N) is 1. The highest BCUT2D eigenvalue weighted by atomic mass is 16.6. The lowest BCUT2D eigenvalue weighted by molar-refractivity contribution is -0.144. The summed E-state index contributed by atoms with van der Waals surface area (Å²) < 4.78 is 11.0. The predicted octanol–water partition coefficient (Wildman–Crippen LogP) is 4.73. The molecule has 0 unspecified atom stereocenters. The van der Waals surface area contributed by atoms with Crippen LogP contribution >= 0.6 is 0 Å². The molecule has 2 saturated heterocycles. The zero-order chi connectivity index (χ0) is 24.9. The number of esters is 1. The molecule has 4 aliphatic rings. The van der Waals surface area contributed by atoms with Crippen LogP contribution in [0.25, 0.3) is 17.2 Å². The fourth-order valence-electron chi connectivity index (χ4n) is 7.14. The molecule has 1 spiro atoms. The highest BCUT2D eigenvalue weighted by Gasteiger charge is 2.57. The Morgan fingerprint density at radius 3 is 2.86 bits per heavy atom. The Morgan fingerprint density at radius 1 is 1.22 bits per heavy atom. The smallest absolute Gasteiger partial charge is 0.407 e. The van der Waals surface area contributed by atoms with Crippen molar-refractivity contribution in [3.8, 4) is 17.2 Å². The van der Waals surface area contributed by atoms with Crippen molar-refractivity contribution in [2.24, 2.45) is 29.6 Å². The van der Waals surface area contributed by atoms with Gasteiger partial charge in [0.2, 0.25) is 0 Å². The molecule has 36 heavy (non-hydrogen) atoms. The van der Waals surface area contributed by atoms with Crippen LogP contribution in [0.15, 0.2) is 48.7 Å². The van der Waals surface area contributed by atoms with Crippen molar-refractivity contribution < 1.29 is 19.1 Å². The summed E-state index contributed by atoms with van der Waals surface area (Å²) in [6, 6.07) is 13.7. The predicted molar refractivity (Wildman–Crippen MR) is 132 cm³/mol. The largest absolute Gasteiger partial charge is 0.462 e. The van der Waals surface area contributed by atoms with Crippen LogP contribution in [0, 0.1) is 40.9 Å². The van der Waals surface area contributed by atoms with E-state index in [9.17, 15) is 14.9 Å². The molecule has 7 atom stereocenters. The van der Waals surface area contributed by atoms with Crippen LogP contribution in [0.4, 0.5) is 4.79 Å². The van der Waals surface area contributed by atoms with Crippen LogP contribution in [0.1, 0.15) is 43.9 Å². The monoisotopic (exact) mass is 483 g/mol. The van der Waals surface area contributed by atoms with Gasteiger partial charge in [-0.25, -0.2) is 4.79 Å². The van der Waals surface area contributed by atoms with E-state index in [1.54, 1.807) is 6.07 Å². The van der Waals surface area contributed by atoms with E-state index in [4.69, 9.17) is 9.47 Å². The lowest BCUT2D eigenvalue weighted by Gasteiger charge is -2.49. The number of carbonyl (C=O) groups excluding carboxylic acids is 2. The number of nitriles is 1. The van der Waals surface area contributed by atoms with Crippen molar-refractivity contribution in [1.82, 2.24) is 10.3 Å². The maximum absolute atomic E-state index is 12.7. The van der Waals surface area contributed by atoms with Gasteiger partial charge in [-0.15, -0.1) is 0 Å². The van der Waals surface area contributed by atoms with Crippen molar-refractivity contribution in [1.29, 1.82) is 5.26 Å². The SMILES string of the molecule is C[C@H]1OC(=O)[C@@H]2C[C@@H]3C[C@@]4(CC[C@H]3[C@H](/C=C/c3ccc(-c5cccc(C#N)c5)cn3)[C@H]12)COC(=O)N4. The van der Waals surface area contributed by atoms with E-state index in [0.29, 0.717) is 24.0 Å². The molecular formula is C29H29N3O4. The Labute approximate surface area is 210 Å². The molecule has 1 amide bonds. The van der Waals surface area contributed by atoms with Crippen LogP contribution in [0.3, 0.4) is 0 Å². The number of cyclic esters (lactones) is 2. The first-order chi connectivity index (χ1) is 17.4. The average molecular weight is 484 g/mol. The van der Waals surface area contributed by atoms with Gasteiger partial charge in [-0.3, -0.25) is 9.78 Å². The quantitative estimate of drug-likeness (QED) is 0.634. The first-order valence-corrected chi connectivity index (χ1v) is 12.7. The number of ether oxygens (including phenoxy) is 2. The van der Waals surface area contributed by atoms with E-state index < -0.39 is 0 Å². The molecule has 2 saturated carbocycles. The van der Waals surface area contributed by atoms with Crippen LogP contribution in [-0.4, -0.2) is 35.3 Å². The molecule has 2 aromatic rings. The molecule has 1 aromatic heterocycles. The molecule has 2 aliphatic carbocycles. The third-order valence-electron chi connectivity index (χ3n) is 8.77. The van der Waals surface area contributed by atoms with E-state index in [2.05, 4.69) is 28.5 Å². The van der Waals surface area contributed by atoms with Crippen LogP contribution in [-0.2, 0) is 14.3 Å². The van der Waals surface area contributed by atoms with Crippen molar-refractivity contribution in [2.45, 2.75) is 44.2 Å². The molecule has 0 bridgehead atoms. The lowest BCUT2D eigenvalue weighted by atomic mass is 9.55. The first kappa shape index (κ1) is 22.8. The second-order valence-electron chi connectivity index (χ2n) is 10.8. The fourth-order valence-corrected chi connectivity index (χ4v) is 7.14. The topological polar surface area (TPSA) is 101 Å². The van der Waals surface area contributed by atoms with Gasteiger partial charge in [0, 0.05) is 17.7 Å². The first-order valence-electron chi connectivity index (χ1n) is 12.7. The van der Waals surface area contributed by atoms with Gasteiger partial charge in [-0.05, 0) is 80.2 Å². The minimum Gasteiger partial charge on any atom is -0.462 e. The molecule has 3 heterocycles. The van der Waals surface area contributed by atoms with E-state index in [1.807, 2.05) is 43.5 Å². The number of benzene rings is 1. The molecule has 7 heteroatoms. The number of aromatic nitrogens is 1. The summed E-state index contributed by atoms with van der Waals surface area (Å²) in [5, 5.41) is 12.2. The summed E-state index contributed by atoms with van der Waals surface area (Å²) in [6.45, 7) is 2.43. The van der Waals surface area contributed by atoms with Crippen molar-refractivity contribution in [3.63, 3.8) is 0 Å². The summed E-state index contributed by atoms with van der Waals surface area (Å²) in [5.74, 6) is 0.934. The summed E-state index contributed by atoms with van der Waals surface area (Å²) in [7, 11) is 0. The second kappa shape index (κ2) is 8.77. The van der Waals surface area contributed by atoms with Crippen LogP contribution < -0.4 is 5.32 Å². The maximum Gasteiger partial charge on any atom is 0.407 e. The minimum atomic E-state index is -0.332. The molecule has 1 N–H and O–H groups in total. The van der Waals surface area contributed by atoms with Gasteiger partial charge in [0.05, 0.1) is 28.8 Å². The van der Waals surface area contributed by atoms with Crippen molar-refractivity contribution in [2.75, 3.05) is 6.61 Å². The summed E-state index contributed by atoms with van der Waals surface area (Å²) >= 11 is 0. The molecule has 184 valence electrons. The normalized spacial score (nSPS) is 35.0. The fraction of sp³-hybridized carbons (Fsp3) is 0.448. The van der Waals surface area contributed by atoms with Gasteiger partial charge in [0.15, 0.2) is 0 Å². The number of carbonyl (C=O) groups is 2. The van der Waals surface area contributed by atoms with Gasteiger partial charge >= 0.3 is 12.1 Å². The molecule has 1 aromatic carbocycles. The standard InChI is InChI=1S/C29H29N3O4/c1-17-26-24(8-7-22-6-5-20(15-31-22)19-4-2-3-18(11-19)14-30)23-9-10-29(16-35-28(34)32-29)13-21(23)12-25(26)27(33)36-17/h2-8,11,15,17,21,23-26H,9-10,12-13,16H2,1H3,(H,32,34)/b8-7+/t17-,21-,23-,24+,25-,26+,29+/m1/s1. The average Bonchev–Trinajstić information content (AvgIpc) is 3.39. The van der Waals surface area contributed by atoms with Crippen molar-refractivity contribution in [3.05, 3.63) is 59.9 Å². The van der Waals surface area contributed by atoms with Crippen molar-refractivity contribution >= 4 is 18.1 Å². The maximum atomic E-state index is 12.7. The van der Waals surface area contributed by atoms with E-state index in [1.165, 1.54) is 0 Å². The zero-order valence-electron chi connectivity index (χ0n) is 20.2. The summed E-state index contributed by atoms with van der Waals surface area (Å²) in [4.78, 5) is 29.2. The number of hydrogen-bond acceptors (Lipinski definition) is 6. The Kier molecular flexibility index (Phi) is 5.55. The number of alkyl carbamates (subject to hydrolysis) is 1. The van der Waals surface area contributed by atoms with Gasteiger partial charge in [-0.1, -0.05) is 24.3 Å². The van der Waals surface area contributed by atoms with E-state index >= 15 is 0 Å². The van der Waals surface area contributed by atoms with E-state index in [0.717, 1.165) is 42.5 Å². The highest BCUT2D eigenvalue weighted by molar-refractivity contribution is 5.76. The number of allylic oxidation sites excluding steroid dienone is 1. The molecule has 4 fully saturated rings. The third-order valence-corrected chi connectivity index (χ3v) is 8.77. The Hall–Kier alpha value is -3.66. The number of nitrogens with zero attached hydrogens (tertiary/aromatic N) is 2. The third kappa shape index (κ3) is 3.95. The zero-order valence-corrected chi connectivity index (χ0v) is 20.2. The molecule has 6 rings (SSSR count). The number of pyridine rings is 1. The Bertz CT molecular complexity index is 1270. The molecular weight excluding hydrogens is 454 g/mol. The number of fused-ring (bicyclic) bond motifs is 2. The van der Waals surface area contributed by atoms with Crippen LogP contribution in [0.5, 0.6) is 0 Å². The van der Waals surface area contributed by atoms with Gasteiger partial charge in [0.25, 0.3) is 0 Å². The molecule has 2 aliphatic heterocycles. The lowest BCUT2D eigenvalue weighted by Crippen LogP contribution is -2.53. The van der Waals surface area contributed by atoms with Gasteiger partial charge < -0.3 is 14.8 Å². The highest BCUT2D eigenvalue weighted by Crippen LogP contribution is 2.55. The van der Waals surface area contributed by atoms with E-state index in [-0.39, 0.29) is 41.5 Å². The minimum absolute atomic E-state index is 0.0854. The van der Waals surface area contributed by atoms with Gasteiger partial charge in [0.1, 0.15) is 12.7 Å². The molecule has 0 radical (unpaired) electrons. The van der Waals surface area contributed by atoms with Gasteiger partial charge in [-0.2, -0.15) is 5.26 Å².